The van der Waals surface area contributed by atoms with Gasteiger partial charge in [-0.15, -0.1) is 5.10 Å². The van der Waals surface area contributed by atoms with E-state index >= 15 is 0 Å². The molecular weight excluding hydrogens is 320 g/mol. The number of ether oxygens (including phenoxy) is 1. The zero-order valence-corrected chi connectivity index (χ0v) is 14.0. The van der Waals surface area contributed by atoms with Crippen LogP contribution < -0.4 is 10.1 Å². The first-order valence-corrected chi connectivity index (χ1v) is 7.88. The summed E-state index contributed by atoms with van der Waals surface area (Å²) in [5.74, 6) is 1.62. The van der Waals surface area contributed by atoms with Gasteiger partial charge >= 0.3 is 0 Å². The number of tetrazole rings is 1. The quantitative estimate of drug-likeness (QED) is 0.740. The number of aromatic nitrogens is 5. The largest absolute Gasteiger partial charge is 0.486 e. The normalized spacial score (nSPS) is 10.5. The van der Waals surface area contributed by atoms with Crippen LogP contribution in [0.2, 0.25) is 0 Å². The summed E-state index contributed by atoms with van der Waals surface area (Å²) in [5, 5.41) is 14.2. The molecule has 1 aromatic carbocycles. The molecule has 0 spiro atoms. The number of hydrogen-bond acceptors (Lipinski definition) is 6. The molecule has 3 rings (SSSR count). The molecule has 3 aromatic rings. The van der Waals surface area contributed by atoms with Crippen LogP contribution in [0.5, 0.6) is 5.75 Å². The molecule has 8 nitrogen and oxygen atoms in total. The maximum atomic E-state index is 12.3. The number of amides is 1. The van der Waals surface area contributed by atoms with Crippen molar-refractivity contribution in [3.05, 3.63) is 59.5 Å². The highest BCUT2D eigenvalue weighted by Crippen LogP contribution is 2.16. The van der Waals surface area contributed by atoms with Crippen molar-refractivity contribution >= 4 is 11.7 Å². The summed E-state index contributed by atoms with van der Waals surface area (Å²) in [5.41, 5.74) is 1.43. The predicted molar refractivity (Wildman–Crippen MR) is 91.2 cm³/mol. The number of anilines is 1. The lowest BCUT2D eigenvalue weighted by Crippen LogP contribution is -2.13. The molecular formula is C17H18N6O2. The summed E-state index contributed by atoms with van der Waals surface area (Å²) in [6.07, 6.45) is 1.64. The fraction of sp³-hybridized carbons (Fsp3) is 0.235. The second-order valence-corrected chi connectivity index (χ2v) is 5.35. The minimum absolute atomic E-state index is 0.219. The molecule has 0 fully saturated rings. The van der Waals surface area contributed by atoms with Gasteiger partial charge < -0.3 is 10.1 Å². The molecule has 2 aromatic heterocycles. The van der Waals surface area contributed by atoms with Crippen molar-refractivity contribution in [2.24, 2.45) is 0 Å². The average Bonchev–Trinajstić information content (AvgIpc) is 3.10. The molecule has 0 aliphatic rings. The molecule has 0 bridgehead atoms. The van der Waals surface area contributed by atoms with Gasteiger partial charge in [0.15, 0.2) is 5.82 Å². The van der Waals surface area contributed by atoms with Gasteiger partial charge in [0.25, 0.3) is 5.91 Å². The van der Waals surface area contributed by atoms with Crippen molar-refractivity contribution in [2.75, 3.05) is 5.32 Å². The van der Waals surface area contributed by atoms with Crippen LogP contribution in [-0.4, -0.2) is 31.1 Å². The number of carbonyl (C=O) groups excluding carboxylic acids is 1. The molecule has 0 atom stereocenters. The third-order valence-electron chi connectivity index (χ3n) is 3.63. The zero-order valence-electron chi connectivity index (χ0n) is 14.0. The maximum absolute atomic E-state index is 12.3. The number of benzene rings is 1. The average molecular weight is 338 g/mol. The van der Waals surface area contributed by atoms with Crippen LogP contribution in [0.25, 0.3) is 0 Å². The minimum atomic E-state index is -0.219. The Morgan fingerprint density at radius 3 is 2.76 bits per heavy atom. The Labute approximate surface area is 144 Å². The molecule has 0 saturated heterocycles. The molecule has 25 heavy (non-hydrogen) atoms. The van der Waals surface area contributed by atoms with Crippen LogP contribution in [0.1, 0.15) is 28.7 Å². The van der Waals surface area contributed by atoms with E-state index in [9.17, 15) is 4.79 Å². The molecule has 0 aliphatic carbocycles. The van der Waals surface area contributed by atoms with Crippen molar-refractivity contribution in [3.8, 4) is 5.75 Å². The van der Waals surface area contributed by atoms with Crippen LogP contribution in [0.15, 0.2) is 42.6 Å². The highest BCUT2D eigenvalue weighted by Gasteiger charge is 2.09. The standard InChI is InChI=1S/C17H18N6O2/c1-3-23-15(20-21-22-23)11-25-14-8-6-13(7-9-14)17(24)19-16-12(2)5-4-10-18-16/h4-10H,3,11H2,1-2H3,(H,18,19,24). The molecule has 128 valence electrons. The van der Waals surface area contributed by atoms with Crippen molar-refractivity contribution < 1.29 is 9.53 Å². The Morgan fingerprint density at radius 1 is 1.24 bits per heavy atom. The van der Waals surface area contributed by atoms with Gasteiger partial charge in [-0.05, 0) is 60.2 Å². The maximum Gasteiger partial charge on any atom is 0.256 e. The molecule has 0 unspecified atom stereocenters. The molecule has 1 N–H and O–H groups in total. The third-order valence-corrected chi connectivity index (χ3v) is 3.63. The molecule has 0 aliphatic heterocycles. The first kappa shape index (κ1) is 16.6. The molecule has 0 radical (unpaired) electrons. The van der Waals surface area contributed by atoms with Crippen LogP contribution in [-0.2, 0) is 13.2 Å². The van der Waals surface area contributed by atoms with E-state index in [1.165, 1.54) is 0 Å². The van der Waals surface area contributed by atoms with Crippen molar-refractivity contribution in [3.63, 3.8) is 0 Å². The van der Waals surface area contributed by atoms with Crippen LogP contribution in [0.3, 0.4) is 0 Å². The van der Waals surface area contributed by atoms with Crippen molar-refractivity contribution in [2.45, 2.75) is 27.0 Å². The van der Waals surface area contributed by atoms with E-state index < -0.39 is 0 Å². The molecule has 2 heterocycles. The third kappa shape index (κ3) is 3.97. The highest BCUT2D eigenvalue weighted by atomic mass is 16.5. The number of aryl methyl sites for hydroxylation is 2. The fourth-order valence-corrected chi connectivity index (χ4v) is 2.22. The van der Waals surface area contributed by atoms with Crippen molar-refractivity contribution in [1.29, 1.82) is 0 Å². The van der Waals surface area contributed by atoms with Gasteiger partial charge in [0, 0.05) is 18.3 Å². The Kier molecular flexibility index (Phi) is 4.98. The highest BCUT2D eigenvalue weighted by molar-refractivity contribution is 6.04. The Hall–Kier alpha value is -3.29. The van der Waals surface area contributed by atoms with Gasteiger partial charge in [0.1, 0.15) is 18.2 Å². The van der Waals surface area contributed by atoms with Crippen molar-refractivity contribution in [1.82, 2.24) is 25.2 Å². The van der Waals surface area contributed by atoms with E-state index in [-0.39, 0.29) is 12.5 Å². The summed E-state index contributed by atoms with van der Waals surface area (Å²) >= 11 is 0. The van der Waals surface area contributed by atoms with Crippen LogP contribution in [0.4, 0.5) is 5.82 Å². The van der Waals surface area contributed by atoms with Gasteiger partial charge in [-0.1, -0.05) is 6.07 Å². The summed E-state index contributed by atoms with van der Waals surface area (Å²) in [6.45, 7) is 4.79. The Morgan fingerprint density at radius 2 is 2.04 bits per heavy atom. The van der Waals surface area contributed by atoms with E-state index in [1.807, 2.05) is 26.0 Å². The van der Waals surface area contributed by atoms with E-state index in [0.717, 1.165) is 5.56 Å². The Balaban J connectivity index is 1.62. The number of hydrogen-bond donors (Lipinski definition) is 1. The number of pyridine rings is 1. The van der Waals surface area contributed by atoms with E-state index in [0.29, 0.717) is 29.5 Å². The van der Waals surface area contributed by atoms with E-state index in [1.54, 1.807) is 35.1 Å². The zero-order chi connectivity index (χ0) is 17.6. The summed E-state index contributed by atoms with van der Waals surface area (Å²) in [6, 6.07) is 10.6. The second kappa shape index (κ2) is 7.52. The first-order chi connectivity index (χ1) is 12.2. The lowest BCUT2D eigenvalue weighted by molar-refractivity contribution is 0.102. The summed E-state index contributed by atoms with van der Waals surface area (Å²) < 4.78 is 7.32. The van der Waals surface area contributed by atoms with Gasteiger partial charge in [-0.2, -0.15) is 0 Å². The molecule has 1 amide bonds. The number of nitrogens with zero attached hydrogens (tertiary/aromatic N) is 5. The van der Waals surface area contributed by atoms with Gasteiger partial charge in [-0.25, -0.2) is 9.67 Å². The van der Waals surface area contributed by atoms with E-state index in [2.05, 4.69) is 25.8 Å². The number of nitrogens with one attached hydrogen (secondary N) is 1. The predicted octanol–water partition coefficient (Wildman–Crippen LogP) is 2.23. The van der Waals surface area contributed by atoms with Gasteiger partial charge in [-0.3, -0.25) is 4.79 Å². The van der Waals surface area contributed by atoms with Crippen LogP contribution >= 0.6 is 0 Å². The monoisotopic (exact) mass is 338 g/mol. The lowest BCUT2D eigenvalue weighted by atomic mass is 10.2. The molecule has 0 saturated carbocycles. The number of carbonyl (C=O) groups is 1. The second-order valence-electron chi connectivity index (χ2n) is 5.35. The minimum Gasteiger partial charge on any atom is -0.486 e. The summed E-state index contributed by atoms with van der Waals surface area (Å²) in [7, 11) is 0. The van der Waals surface area contributed by atoms with Crippen LogP contribution in [0, 0.1) is 6.92 Å². The van der Waals surface area contributed by atoms with Gasteiger partial charge in [0.2, 0.25) is 0 Å². The number of rotatable bonds is 6. The Bertz CT molecular complexity index is 860. The summed E-state index contributed by atoms with van der Waals surface area (Å²) in [4.78, 5) is 16.4. The first-order valence-electron chi connectivity index (χ1n) is 7.88. The molecule has 8 heteroatoms. The fourth-order valence-electron chi connectivity index (χ4n) is 2.22. The lowest BCUT2D eigenvalue weighted by Gasteiger charge is -2.08. The van der Waals surface area contributed by atoms with E-state index in [4.69, 9.17) is 4.74 Å². The topological polar surface area (TPSA) is 94.8 Å². The SMILES string of the molecule is CCn1nnnc1COc1ccc(C(=O)Nc2ncccc2C)cc1. The van der Waals surface area contributed by atoms with Gasteiger partial charge in [0.05, 0.1) is 0 Å². The smallest absolute Gasteiger partial charge is 0.256 e.